The number of carbonyl (C=O) groups excluding carboxylic acids is 2. The first kappa shape index (κ1) is 15.8. The molecule has 0 aromatic rings. The molecule has 0 bridgehead atoms. The maximum atomic E-state index is 11.2. The number of hydrogen-bond donors (Lipinski definition) is 3. The third kappa shape index (κ3) is 6.88. The van der Waals surface area contributed by atoms with Crippen molar-refractivity contribution in [1.29, 1.82) is 0 Å². The molecule has 0 aromatic carbocycles. The zero-order valence-corrected chi connectivity index (χ0v) is 9.66. The van der Waals surface area contributed by atoms with Gasteiger partial charge in [0.15, 0.2) is 6.10 Å². The van der Waals surface area contributed by atoms with E-state index in [-0.39, 0.29) is 12.8 Å². The van der Waals surface area contributed by atoms with Gasteiger partial charge in [0.2, 0.25) is 0 Å². The molecular formula is C10H18O7. The van der Waals surface area contributed by atoms with Gasteiger partial charge in [-0.2, -0.15) is 0 Å². The van der Waals surface area contributed by atoms with Crippen molar-refractivity contribution >= 4 is 11.9 Å². The van der Waals surface area contributed by atoms with Crippen LogP contribution in [0.2, 0.25) is 0 Å². The van der Waals surface area contributed by atoms with E-state index in [0.29, 0.717) is 6.42 Å². The van der Waals surface area contributed by atoms with Crippen LogP contribution in [-0.4, -0.2) is 52.9 Å². The predicted molar refractivity (Wildman–Crippen MR) is 55.7 cm³/mol. The van der Waals surface area contributed by atoms with Crippen molar-refractivity contribution in [1.82, 2.24) is 0 Å². The first-order valence-corrected chi connectivity index (χ1v) is 5.33. The lowest BCUT2D eigenvalue weighted by atomic mass is 10.3. The van der Waals surface area contributed by atoms with Gasteiger partial charge in [0.1, 0.15) is 0 Å². The van der Waals surface area contributed by atoms with E-state index < -0.39 is 37.5 Å². The van der Waals surface area contributed by atoms with Crippen molar-refractivity contribution in [2.45, 2.75) is 38.6 Å². The summed E-state index contributed by atoms with van der Waals surface area (Å²) >= 11 is 0. The van der Waals surface area contributed by atoms with Gasteiger partial charge >= 0.3 is 11.9 Å². The molecule has 0 fully saturated rings. The Bertz CT molecular complexity index is 221. The van der Waals surface area contributed by atoms with E-state index in [9.17, 15) is 14.7 Å². The van der Waals surface area contributed by atoms with Crippen molar-refractivity contribution in [2.75, 3.05) is 13.2 Å². The SMILES string of the molecule is CCCC(=O)OC(OC(=O)CCO)C(O)CO. The highest BCUT2D eigenvalue weighted by molar-refractivity contribution is 5.71. The molecule has 0 radical (unpaired) electrons. The van der Waals surface area contributed by atoms with Crippen LogP contribution in [0.25, 0.3) is 0 Å². The third-order valence-electron chi connectivity index (χ3n) is 1.77. The Morgan fingerprint density at radius 3 is 2.06 bits per heavy atom. The molecule has 0 heterocycles. The first-order valence-electron chi connectivity index (χ1n) is 5.33. The summed E-state index contributed by atoms with van der Waals surface area (Å²) in [5, 5.41) is 26.5. The molecule has 0 spiro atoms. The van der Waals surface area contributed by atoms with Crippen molar-refractivity contribution in [3.8, 4) is 0 Å². The second-order valence-corrected chi connectivity index (χ2v) is 3.32. The normalized spacial score (nSPS) is 13.9. The van der Waals surface area contributed by atoms with Crippen LogP contribution in [-0.2, 0) is 19.1 Å². The van der Waals surface area contributed by atoms with E-state index in [4.69, 9.17) is 10.2 Å². The van der Waals surface area contributed by atoms with E-state index in [0.717, 1.165) is 0 Å². The Labute approximate surface area is 99.0 Å². The highest BCUT2D eigenvalue weighted by atomic mass is 16.7. The molecule has 2 atom stereocenters. The quantitative estimate of drug-likeness (QED) is 0.371. The standard InChI is InChI=1S/C10H18O7/c1-2-3-8(14)16-10(7(13)6-12)17-9(15)4-5-11/h7,10-13H,2-6H2,1H3. The second kappa shape index (κ2) is 8.91. The average Bonchev–Trinajstić information content (AvgIpc) is 2.27. The summed E-state index contributed by atoms with van der Waals surface area (Å²) in [5.41, 5.74) is 0. The highest BCUT2D eigenvalue weighted by Gasteiger charge is 2.26. The Balaban J connectivity index is 4.33. The molecule has 7 nitrogen and oxygen atoms in total. The molecular weight excluding hydrogens is 232 g/mol. The van der Waals surface area contributed by atoms with Crippen LogP contribution in [0, 0.1) is 0 Å². The molecule has 2 unspecified atom stereocenters. The van der Waals surface area contributed by atoms with Crippen molar-refractivity contribution in [3.63, 3.8) is 0 Å². The van der Waals surface area contributed by atoms with E-state index >= 15 is 0 Å². The summed E-state index contributed by atoms with van der Waals surface area (Å²) in [7, 11) is 0. The minimum Gasteiger partial charge on any atom is -0.422 e. The fourth-order valence-electron chi connectivity index (χ4n) is 0.940. The molecule has 100 valence electrons. The van der Waals surface area contributed by atoms with Crippen LogP contribution in [0.1, 0.15) is 26.2 Å². The fourth-order valence-corrected chi connectivity index (χ4v) is 0.940. The average molecular weight is 250 g/mol. The lowest BCUT2D eigenvalue weighted by molar-refractivity contribution is -0.210. The van der Waals surface area contributed by atoms with E-state index in [1.54, 1.807) is 6.92 Å². The Morgan fingerprint density at radius 2 is 1.65 bits per heavy atom. The second-order valence-electron chi connectivity index (χ2n) is 3.32. The number of carbonyl (C=O) groups is 2. The maximum absolute atomic E-state index is 11.2. The number of rotatable bonds is 8. The first-order chi connectivity index (χ1) is 8.04. The molecule has 0 aliphatic heterocycles. The summed E-state index contributed by atoms with van der Waals surface area (Å²) < 4.78 is 9.30. The molecule has 0 amide bonds. The highest BCUT2D eigenvalue weighted by Crippen LogP contribution is 2.06. The summed E-state index contributed by atoms with van der Waals surface area (Å²) in [6.45, 7) is 0.636. The van der Waals surface area contributed by atoms with Gasteiger partial charge in [-0.1, -0.05) is 6.92 Å². The lowest BCUT2D eigenvalue weighted by Gasteiger charge is -2.21. The molecule has 0 saturated heterocycles. The van der Waals surface area contributed by atoms with E-state index in [2.05, 4.69) is 9.47 Å². The minimum atomic E-state index is -1.54. The van der Waals surface area contributed by atoms with E-state index in [1.807, 2.05) is 0 Å². The van der Waals surface area contributed by atoms with Gasteiger partial charge in [-0.3, -0.25) is 9.59 Å². The van der Waals surface area contributed by atoms with Gasteiger partial charge in [0, 0.05) is 6.42 Å². The molecule has 0 saturated carbocycles. The van der Waals surface area contributed by atoms with Crippen LogP contribution >= 0.6 is 0 Å². The molecule has 17 heavy (non-hydrogen) atoms. The van der Waals surface area contributed by atoms with Crippen LogP contribution < -0.4 is 0 Å². The topological polar surface area (TPSA) is 113 Å². The van der Waals surface area contributed by atoms with E-state index in [1.165, 1.54) is 0 Å². The fraction of sp³-hybridized carbons (Fsp3) is 0.800. The molecule has 0 aromatic heterocycles. The zero-order valence-electron chi connectivity index (χ0n) is 9.66. The molecule has 0 rings (SSSR count). The van der Waals surface area contributed by atoms with Gasteiger partial charge in [0.25, 0.3) is 6.29 Å². The summed E-state index contributed by atoms with van der Waals surface area (Å²) in [6.07, 6.45) is -2.66. The van der Waals surface area contributed by atoms with Crippen LogP contribution in [0.4, 0.5) is 0 Å². The van der Waals surface area contributed by atoms with Gasteiger partial charge in [-0.25, -0.2) is 0 Å². The molecule has 7 heteroatoms. The van der Waals surface area contributed by atoms with Gasteiger partial charge < -0.3 is 24.8 Å². The Morgan fingerprint density at radius 1 is 1.12 bits per heavy atom. The van der Waals surface area contributed by atoms with Gasteiger partial charge in [-0.05, 0) is 6.42 Å². The Kier molecular flexibility index (Phi) is 8.29. The maximum Gasteiger partial charge on any atom is 0.311 e. The smallest absolute Gasteiger partial charge is 0.311 e. The number of aliphatic hydroxyl groups excluding tert-OH is 3. The molecule has 0 aliphatic carbocycles. The van der Waals surface area contributed by atoms with Crippen molar-refractivity contribution in [3.05, 3.63) is 0 Å². The largest absolute Gasteiger partial charge is 0.422 e. The summed E-state index contributed by atoms with van der Waals surface area (Å²) in [6, 6.07) is 0. The number of aliphatic hydroxyl groups is 3. The number of hydrogen-bond acceptors (Lipinski definition) is 7. The van der Waals surface area contributed by atoms with Gasteiger partial charge in [0.05, 0.1) is 19.6 Å². The number of ether oxygens (including phenoxy) is 2. The Hall–Kier alpha value is -1.18. The minimum absolute atomic E-state index is 0.117. The van der Waals surface area contributed by atoms with Crippen LogP contribution in [0.15, 0.2) is 0 Å². The molecule has 0 aliphatic rings. The van der Waals surface area contributed by atoms with Crippen LogP contribution in [0.5, 0.6) is 0 Å². The molecule has 3 N–H and O–H groups in total. The predicted octanol–water partition coefficient (Wildman–Crippen LogP) is -1.07. The number of esters is 2. The zero-order chi connectivity index (χ0) is 13.3. The summed E-state index contributed by atoms with van der Waals surface area (Å²) in [4.78, 5) is 22.2. The third-order valence-corrected chi connectivity index (χ3v) is 1.77. The summed E-state index contributed by atoms with van der Waals surface area (Å²) in [5.74, 6) is -1.46. The van der Waals surface area contributed by atoms with Crippen molar-refractivity contribution < 1.29 is 34.4 Å². The van der Waals surface area contributed by atoms with Gasteiger partial charge in [-0.15, -0.1) is 0 Å². The lowest BCUT2D eigenvalue weighted by Crippen LogP contribution is -2.38. The van der Waals surface area contributed by atoms with Crippen LogP contribution in [0.3, 0.4) is 0 Å². The monoisotopic (exact) mass is 250 g/mol. The van der Waals surface area contributed by atoms with Crippen molar-refractivity contribution in [2.24, 2.45) is 0 Å².